The molecule has 0 amide bonds. The Balaban J connectivity index is 0.00000218. The van der Waals surface area contributed by atoms with Crippen LogP contribution in [0, 0.1) is 16.7 Å². The van der Waals surface area contributed by atoms with Gasteiger partial charge in [-0.25, -0.2) is 0 Å². The molecule has 2 rings (SSSR count). The lowest BCUT2D eigenvalue weighted by Crippen LogP contribution is -2.40. The molecule has 2 aliphatic rings. The topological polar surface area (TPSA) is 41.9 Å². The molecule has 0 aromatic carbocycles. The highest BCUT2D eigenvalue weighted by Crippen LogP contribution is 2.49. The van der Waals surface area contributed by atoms with Crippen molar-refractivity contribution in [3.05, 3.63) is 0 Å². The summed E-state index contributed by atoms with van der Waals surface area (Å²) in [6.07, 6.45) is 8.62. The van der Waals surface area contributed by atoms with E-state index >= 15 is 0 Å². The first kappa shape index (κ1) is 27.9. The van der Waals surface area contributed by atoms with Gasteiger partial charge in [0.15, 0.2) is 5.79 Å². The third-order valence-electron chi connectivity index (χ3n) is 6.73. The quantitative estimate of drug-likeness (QED) is 0.471. The van der Waals surface area contributed by atoms with Gasteiger partial charge < -0.3 is 19.5 Å². The Kier molecular flexibility index (Phi) is 11.3. The zero-order chi connectivity index (χ0) is 23.0. The van der Waals surface area contributed by atoms with E-state index in [-0.39, 0.29) is 18.0 Å². The minimum atomic E-state index is -0.320. The summed E-state index contributed by atoms with van der Waals surface area (Å²) in [5.41, 5.74) is 0.751. The van der Waals surface area contributed by atoms with Gasteiger partial charge in [-0.1, -0.05) is 61.8 Å². The fraction of sp³-hybridized carbons (Fsp3) is 1.00. The second-order valence-corrected chi connectivity index (χ2v) is 11.5. The predicted octanol–water partition coefficient (Wildman–Crippen LogP) is 6.26. The van der Waals surface area contributed by atoms with Crippen LogP contribution in [0.4, 0.5) is 0 Å². The SMILES string of the molecule is CC.CCCC(O)CN(C)CCC1COC2(CCC(C(C)(C)CC(C)(C)C)CC2)O1. The van der Waals surface area contributed by atoms with Crippen molar-refractivity contribution in [2.75, 3.05) is 26.7 Å². The highest BCUT2D eigenvalue weighted by molar-refractivity contribution is 4.91. The zero-order valence-corrected chi connectivity index (χ0v) is 21.7. The molecule has 1 spiro atoms. The predicted molar refractivity (Wildman–Crippen MR) is 128 cm³/mol. The van der Waals surface area contributed by atoms with Crippen molar-refractivity contribution in [2.45, 2.75) is 125 Å². The molecule has 1 aliphatic heterocycles. The van der Waals surface area contributed by atoms with Crippen LogP contribution in [0.25, 0.3) is 0 Å². The Morgan fingerprint density at radius 3 is 2.23 bits per heavy atom. The van der Waals surface area contributed by atoms with Crippen LogP contribution in [0.1, 0.15) is 107 Å². The van der Waals surface area contributed by atoms with E-state index in [2.05, 4.69) is 53.5 Å². The molecule has 0 radical (unpaired) electrons. The molecule has 1 aliphatic carbocycles. The minimum absolute atomic E-state index is 0.199. The van der Waals surface area contributed by atoms with E-state index < -0.39 is 0 Å². The lowest BCUT2D eigenvalue weighted by molar-refractivity contribution is -0.198. The van der Waals surface area contributed by atoms with Gasteiger partial charge in [-0.15, -0.1) is 0 Å². The van der Waals surface area contributed by atoms with Crippen LogP contribution >= 0.6 is 0 Å². The van der Waals surface area contributed by atoms with Crippen molar-refractivity contribution < 1.29 is 14.6 Å². The highest BCUT2D eigenvalue weighted by Gasteiger charge is 2.47. The van der Waals surface area contributed by atoms with Crippen LogP contribution in [-0.4, -0.2) is 54.7 Å². The Morgan fingerprint density at radius 2 is 1.70 bits per heavy atom. The fourth-order valence-electron chi connectivity index (χ4n) is 5.61. The number of hydrogen-bond donors (Lipinski definition) is 1. The van der Waals surface area contributed by atoms with E-state index in [1.807, 2.05) is 13.8 Å². The van der Waals surface area contributed by atoms with Gasteiger partial charge in [0.05, 0.1) is 18.8 Å². The first-order chi connectivity index (χ1) is 13.9. The molecule has 4 heteroatoms. The summed E-state index contributed by atoms with van der Waals surface area (Å²) in [5, 5.41) is 9.97. The van der Waals surface area contributed by atoms with E-state index in [1.165, 1.54) is 19.3 Å². The summed E-state index contributed by atoms with van der Waals surface area (Å²) in [7, 11) is 2.09. The smallest absolute Gasteiger partial charge is 0.168 e. The van der Waals surface area contributed by atoms with Crippen molar-refractivity contribution in [2.24, 2.45) is 16.7 Å². The molecule has 2 fully saturated rings. The number of aliphatic hydroxyl groups is 1. The second kappa shape index (κ2) is 12.2. The lowest BCUT2D eigenvalue weighted by Gasteiger charge is -2.45. The van der Waals surface area contributed by atoms with Gasteiger partial charge in [-0.2, -0.15) is 0 Å². The van der Waals surface area contributed by atoms with Gasteiger partial charge in [-0.3, -0.25) is 0 Å². The van der Waals surface area contributed by atoms with Gasteiger partial charge in [-0.05, 0) is 55.9 Å². The van der Waals surface area contributed by atoms with Crippen molar-refractivity contribution in [1.29, 1.82) is 0 Å². The van der Waals surface area contributed by atoms with E-state index in [0.717, 1.165) is 57.7 Å². The number of aliphatic hydroxyl groups excluding tert-OH is 1. The number of rotatable bonds is 9. The van der Waals surface area contributed by atoms with Crippen LogP contribution in [0.3, 0.4) is 0 Å². The lowest BCUT2D eigenvalue weighted by atomic mass is 9.64. The molecule has 1 saturated carbocycles. The Morgan fingerprint density at radius 1 is 1.10 bits per heavy atom. The molecule has 4 nitrogen and oxygen atoms in total. The van der Waals surface area contributed by atoms with Gasteiger partial charge in [0.1, 0.15) is 0 Å². The molecular formula is C26H53NO3. The van der Waals surface area contributed by atoms with Crippen LogP contribution in [0.2, 0.25) is 0 Å². The van der Waals surface area contributed by atoms with E-state index in [0.29, 0.717) is 10.8 Å². The molecule has 0 bridgehead atoms. The Labute approximate surface area is 188 Å². The maximum Gasteiger partial charge on any atom is 0.168 e. The first-order valence-corrected chi connectivity index (χ1v) is 12.6. The summed E-state index contributed by atoms with van der Waals surface area (Å²) in [5.74, 6) is 0.439. The first-order valence-electron chi connectivity index (χ1n) is 12.6. The molecular weight excluding hydrogens is 374 g/mol. The van der Waals surface area contributed by atoms with E-state index in [9.17, 15) is 5.11 Å². The monoisotopic (exact) mass is 427 g/mol. The summed E-state index contributed by atoms with van der Waals surface area (Å²) in [6, 6.07) is 0. The van der Waals surface area contributed by atoms with Crippen molar-refractivity contribution in [1.82, 2.24) is 4.90 Å². The van der Waals surface area contributed by atoms with E-state index in [1.54, 1.807) is 0 Å². The molecule has 1 N–H and O–H groups in total. The average molecular weight is 428 g/mol. The van der Waals surface area contributed by atoms with Crippen molar-refractivity contribution in [3.63, 3.8) is 0 Å². The van der Waals surface area contributed by atoms with Crippen LogP contribution in [-0.2, 0) is 9.47 Å². The van der Waals surface area contributed by atoms with Crippen LogP contribution in [0.5, 0.6) is 0 Å². The second-order valence-electron chi connectivity index (χ2n) is 11.5. The van der Waals surface area contributed by atoms with E-state index in [4.69, 9.17) is 9.47 Å². The summed E-state index contributed by atoms with van der Waals surface area (Å²) in [6.45, 7) is 20.5. The van der Waals surface area contributed by atoms with Crippen molar-refractivity contribution >= 4 is 0 Å². The van der Waals surface area contributed by atoms with Crippen LogP contribution < -0.4 is 0 Å². The van der Waals surface area contributed by atoms with Gasteiger partial charge in [0, 0.05) is 25.9 Å². The summed E-state index contributed by atoms with van der Waals surface area (Å²) in [4.78, 5) is 2.22. The maximum atomic E-state index is 9.97. The normalized spacial score (nSPS) is 28.5. The third kappa shape index (κ3) is 9.14. The molecule has 0 aromatic rings. The Bertz CT molecular complexity index is 463. The van der Waals surface area contributed by atoms with Crippen LogP contribution in [0.15, 0.2) is 0 Å². The number of ether oxygens (including phenoxy) is 2. The minimum Gasteiger partial charge on any atom is -0.392 e. The van der Waals surface area contributed by atoms with Crippen molar-refractivity contribution in [3.8, 4) is 0 Å². The van der Waals surface area contributed by atoms with Gasteiger partial charge >= 0.3 is 0 Å². The Hall–Kier alpha value is -0.160. The highest BCUT2D eigenvalue weighted by atomic mass is 16.7. The number of hydrogen-bond acceptors (Lipinski definition) is 4. The largest absolute Gasteiger partial charge is 0.392 e. The number of likely N-dealkylation sites (N-methyl/N-ethyl adjacent to an activating group) is 1. The molecule has 180 valence electrons. The summed E-state index contributed by atoms with van der Waals surface area (Å²) < 4.78 is 12.7. The average Bonchev–Trinajstić information content (AvgIpc) is 3.03. The van der Waals surface area contributed by atoms with Gasteiger partial charge in [0.2, 0.25) is 0 Å². The fourth-order valence-corrected chi connectivity index (χ4v) is 5.61. The molecule has 2 atom stereocenters. The molecule has 30 heavy (non-hydrogen) atoms. The molecule has 2 unspecified atom stereocenters. The zero-order valence-electron chi connectivity index (χ0n) is 21.7. The molecule has 0 aromatic heterocycles. The maximum absolute atomic E-state index is 9.97. The van der Waals surface area contributed by atoms with Gasteiger partial charge in [0.25, 0.3) is 0 Å². The number of nitrogens with zero attached hydrogens (tertiary/aromatic N) is 1. The summed E-state index contributed by atoms with van der Waals surface area (Å²) >= 11 is 0. The standard InChI is InChI=1S/C24H47NO3.C2H6/c1-8-9-20(26)16-25(7)15-12-21-17-27-24(28-21)13-10-19(11-14-24)23(5,6)18-22(2,3)4;1-2/h19-21,26H,8-18H2,1-7H3;1-2H3. The molecule has 1 heterocycles. The molecule has 1 saturated heterocycles. The third-order valence-corrected chi connectivity index (χ3v) is 6.73.